The van der Waals surface area contributed by atoms with Crippen molar-refractivity contribution in [3.05, 3.63) is 36.5 Å². The van der Waals surface area contributed by atoms with Gasteiger partial charge in [-0.1, -0.05) is 159 Å². The summed E-state index contributed by atoms with van der Waals surface area (Å²) in [6, 6.07) is -0.804. The van der Waals surface area contributed by atoms with Gasteiger partial charge in [-0.25, -0.2) is 0 Å². The minimum atomic E-state index is -1.56. The molecular weight excluding hydrogens is 670 g/mol. The summed E-state index contributed by atoms with van der Waals surface area (Å²) >= 11 is 0. The second-order valence-corrected chi connectivity index (χ2v) is 15.1. The van der Waals surface area contributed by atoms with E-state index in [4.69, 9.17) is 9.47 Å². The van der Waals surface area contributed by atoms with Gasteiger partial charge in [-0.05, 0) is 51.4 Å². The summed E-state index contributed by atoms with van der Waals surface area (Å²) in [6.07, 6.45) is 34.7. The zero-order chi connectivity index (χ0) is 38.8. The Morgan fingerprint density at radius 2 is 1.11 bits per heavy atom. The van der Waals surface area contributed by atoms with Crippen LogP contribution in [0.15, 0.2) is 36.5 Å². The molecule has 0 saturated carbocycles. The van der Waals surface area contributed by atoms with Crippen molar-refractivity contribution in [2.45, 2.75) is 224 Å². The lowest BCUT2D eigenvalue weighted by Gasteiger charge is -2.40. The first-order chi connectivity index (χ1) is 25.8. The quantitative estimate of drug-likeness (QED) is 0.0279. The van der Waals surface area contributed by atoms with E-state index in [-0.39, 0.29) is 12.5 Å². The van der Waals surface area contributed by atoms with Crippen molar-refractivity contribution in [3.8, 4) is 0 Å². The Hall–Kier alpha value is -1.59. The Morgan fingerprint density at radius 1 is 0.642 bits per heavy atom. The second-order valence-electron chi connectivity index (χ2n) is 15.1. The SMILES string of the molecule is CCCCC/C=C\C/C=C\CCCCCCCCCCCC(=O)NC(COC1OC(CO)C(O)C(O)C1O)C(O)/C=C/CCCCCCCCCCC. The molecule has 7 unspecified atom stereocenters. The van der Waals surface area contributed by atoms with E-state index in [9.17, 15) is 30.3 Å². The summed E-state index contributed by atoms with van der Waals surface area (Å²) in [5, 5.41) is 54.0. The Kier molecular flexibility index (Phi) is 32.5. The molecule has 310 valence electrons. The zero-order valence-corrected chi connectivity index (χ0v) is 33.8. The van der Waals surface area contributed by atoms with E-state index in [2.05, 4.69) is 43.5 Å². The normalized spacial score (nSPS) is 22.0. The Labute approximate surface area is 323 Å². The molecule has 0 aliphatic carbocycles. The molecule has 1 aliphatic heterocycles. The molecule has 1 heterocycles. The number of hydrogen-bond acceptors (Lipinski definition) is 8. The van der Waals surface area contributed by atoms with E-state index in [1.165, 1.54) is 116 Å². The molecule has 1 aliphatic rings. The Morgan fingerprint density at radius 3 is 1.66 bits per heavy atom. The summed E-state index contributed by atoms with van der Waals surface area (Å²) in [6.45, 7) is 3.72. The van der Waals surface area contributed by atoms with Crippen LogP contribution in [-0.4, -0.2) is 87.5 Å². The predicted molar refractivity (Wildman–Crippen MR) is 216 cm³/mol. The largest absolute Gasteiger partial charge is 0.394 e. The molecule has 0 aromatic heterocycles. The zero-order valence-electron chi connectivity index (χ0n) is 33.8. The second kappa shape index (κ2) is 34.9. The number of hydrogen-bond donors (Lipinski definition) is 6. The number of unbranched alkanes of at least 4 members (excludes halogenated alkanes) is 21. The maximum atomic E-state index is 12.9. The molecule has 1 saturated heterocycles. The highest BCUT2D eigenvalue weighted by Gasteiger charge is 2.44. The monoisotopic (exact) mass is 752 g/mol. The van der Waals surface area contributed by atoms with Crippen molar-refractivity contribution in [2.24, 2.45) is 0 Å². The summed E-state index contributed by atoms with van der Waals surface area (Å²) in [4.78, 5) is 12.9. The van der Waals surface area contributed by atoms with Crippen LogP contribution in [0.3, 0.4) is 0 Å². The van der Waals surface area contributed by atoms with E-state index in [1.807, 2.05) is 6.08 Å². The van der Waals surface area contributed by atoms with Gasteiger partial charge in [0, 0.05) is 6.42 Å². The van der Waals surface area contributed by atoms with Crippen LogP contribution in [0, 0.1) is 0 Å². The molecule has 7 atom stereocenters. The number of ether oxygens (including phenoxy) is 2. The van der Waals surface area contributed by atoms with Crippen LogP contribution in [0.25, 0.3) is 0 Å². The summed E-state index contributed by atoms with van der Waals surface area (Å²) in [5.41, 5.74) is 0. The third kappa shape index (κ3) is 26.0. The van der Waals surface area contributed by atoms with Crippen LogP contribution >= 0.6 is 0 Å². The molecule has 0 bridgehead atoms. The van der Waals surface area contributed by atoms with Crippen molar-refractivity contribution < 1.29 is 39.8 Å². The van der Waals surface area contributed by atoms with Crippen molar-refractivity contribution in [2.75, 3.05) is 13.2 Å². The molecular formula is C44H81NO8. The topological polar surface area (TPSA) is 149 Å². The number of carbonyl (C=O) groups is 1. The van der Waals surface area contributed by atoms with E-state index < -0.39 is 49.5 Å². The van der Waals surface area contributed by atoms with Crippen LogP contribution in [0.2, 0.25) is 0 Å². The maximum Gasteiger partial charge on any atom is 0.220 e. The molecule has 9 heteroatoms. The van der Waals surface area contributed by atoms with E-state index in [0.717, 1.165) is 44.9 Å². The Bertz CT molecular complexity index is 925. The average molecular weight is 752 g/mol. The summed E-state index contributed by atoms with van der Waals surface area (Å²) < 4.78 is 11.2. The highest BCUT2D eigenvalue weighted by Crippen LogP contribution is 2.22. The van der Waals surface area contributed by atoms with Crippen LogP contribution in [0.5, 0.6) is 0 Å². The van der Waals surface area contributed by atoms with Crippen molar-refractivity contribution in [1.29, 1.82) is 0 Å². The molecule has 9 nitrogen and oxygen atoms in total. The van der Waals surface area contributed by atoms with Gasteiger partial charge in [-0.15, -0.1) is 0 Å². The molecule has 0 aromatic carbocycles. The predicted octanol–water partition coefficient (Wildman–Crippen LogP) is 8.50. The number of allylic oxidation sites excluding steroid dienone is 5. The van der Waals surface area contributed by atoms with Gasteiger partial charge in [0.25, 0.3) is 0 Å². The van der Waals surface area contributed by atoms with Gasteiger partial charge in [-0.2, -0.15) is 0 Å². The lowest BCUT2D eigenvalue weighted by Crippen LogP contribution is -2.60. The smallest absolute Gasteiger partial charge is 0.220 e. The first-order valence-electron chi connectivity index (χ1n) is 21.7. The fraction of sp³-hybridized carbons (Fsp3) is 0.841. The standard InChI is InChI=1S/C44H81NO8/c1-3-5-7-9-11-13-15-16-17-18-19-20-21-22-24-26-28-30-32-34-40(48)45-37(36-52-44-43(51)42(50)41(49)39(35-46)53-44)38(47)33-31-29-27-25-23-14-12-10-8-6-4-2/h11,13,16-17,31,33,37-39,41-44,46-47,49-51H,3-10,12,14-15,18-30,32,34-36H2,1-2H3,(H,45,48)/b13-11-,17-16-,33-31+. The summed E-state index contributed by atoms with van der Waals surface area (Å²) in [7, 11) is 0. The van der Waals surface area contributed by atoms with E-state index in [1.54, 1.807) is 6.08 Å². The van der Waals surface area contributed by atoms with Gasteiger partial charge in [0.2, 0.25) is 5.91 Å². The molecule has 1 rings (SSSR count). The first kappa shape index (κ1) is 49.4. The van der Waals surface area contributed by atoms with Crippen LogP contribution in [0.4, 0.5) is 0 Å². The van der Waals surface area contributed by atoms with Crippen LogP contribution in [-0.2, 0) is 14.3 Å². The van der Waals surface area contributed by atoms with Gasteiger partial charge < -0.3 is 40.3 Å². The van der Waals surface area contributed by atoms with Gasteiger partial charge in [-0.3, -0.25) is 4.79 Å². The average Bonchev–Trinajstić information content (AvgIpc) is 3.16. The molecule has 0 radical (unpaired) electrons. The molecule has 1 amide bonds. The van der Waals surface area contributed by atoms with E-state index >= 15 is 0 Å². The third-order valence-electron chi connectivity index (χ3n) is 10.2. The van der Waals surface area contributed by atoms with Crippen molar-refractivity contribution in [1.82, 2.24) is 5.32 Å². The molecule has 0 spiro atoms. The molecule has 0 aromatic rings. The number of aliphatic hydroxyl groups is 5. The maximum absolute atomic E-state index is 12.9. The number of rotatable bonds is 35. The number of amides is 1. The molecule has 6 N–H and O–H groups in total. The third-order valence-corrected chi connectivity index (χ3v) is 10.2. The summed E-state index contributed by atoms with van der Waals surface area (Å²) in [5.74, 6) is -0.184. The number of carbonyl (C=O) groups excluding carboxylic acids is 1. The van der Waals surface area contributed by atoms with Crippen LogP contribution < -0.4 is 5.32 Å². The van der Waals surface area contributed by atoms with Crippen LogP contribution in [0.1, 0.15) is 181 Å². The van der Waals surface area contributed by atoms with E-state index in [0.29, 0.717) is 6.42 Å². The molecule has 53 heavy (non-hydrogen) atoms. The minimum Gasteiger partial charge on any atom is -0.394 e. The van der Waals surface area contributed by atoms with Gasteiger partial charge in [0.15, 0.2) is 6.29 Å². The lowest BCUT2D eigenvalue weighted by atomic mass is 9.99. The number of nitrogens with one attached hydrogen (secondary N) is 1. The van der Waals surface area contributed by atoms with Gasteiger partial charge in [0.1, 0.15) is 24.4 Å². The van der Waals surface area contributed by atoms with Gasteiger partial charge >= 0.3 is 0 Å². The molecule has 1 fully saturated rings. The van der Waals surface area contributed by atoms with Crippen molar-refractivity contribution in [3.63, 3.8) is 0 Å². The first-order valence-corrected chi connectivity index (χ1v) is 21.7. The fourth-order valence-corrected chi connectivity index (χ4v) is 6.65. The van der Waals surface area contributed by atoms with Crippen molar-refractivity contribution >= 4 is 5.91 Å². The fourth-order valence-electron chi connectivity index (χ4n) is 6.65. The van der Waals surface area contributed by atoms with Gasteiger partial charge in [0.05, 0.1) is 25.4 Å². The minimum absolute atomic E-state index is 0.184. The lowest BCUT2D eigenvalue weighted by molar-refractivity contribution is -0.302. The highest BCUT2D eigenvalue weighted by molar-refractivity contribution is 5.76. The number of aliphatic hydroxyl groups excluding tert-OH is 5. The highest BCUT2D eigenvalue weighted by atomic mass is 16.7. The Balaban J connectivity index is 2.35.